The molecule has 0 aliphatic rings. The Morgan fingerprint density at radius 2 is 2.21 bits per heavy atom. The fourth-order valence-electron chi connectivity index (χ4n) is 1.35. The van der Waals surface area contributed by atoms with Crippen molar-refractivity contribution in [2.24, 2.45) is 5.73 Å². The van der Waals surface area contributed by atoms with Crippen molar-refractivity contribution in [3.8, 4) is 0 Å². The number of hydrogen-bond donors (Lipinski definition) is 3. The number of carbonyl (C=O) groups is 2. The number of nitrogen functional groups attached to an aromatic ring is 1. The van der Waals surface area contributed by atoms with Gasteiger partial charge in [-0.2, -0.15) is 0 Å². The highest BCUT2D eigenvalue weighted by atomic mass is 32.2. The summed E-state index contributed by atoms with van der Waals surface area (Å²) < 4.78 is 0. The van der Waals surface area contributed by atoms with Crippen LogP contribution in [0.2, 0.25) is 0 Å². The summed E-state index contributed by atoms with van der Waals surface area (Å²) in [4.78, 5) is 31.3. The zero-order chi connectivity index (χ0) is 14.0. The van der Waals surface area contributed by atoms with Crippen LogP contribution in [0.15, 0.2) is 16.6 Å². The van der Waals surface area contributed by atoms with Crippen LogP contribution in [0.1, 0.15) is 6.92 Å². The summed E-state index contributed by atoms with van der Waals surface area (Å²) in [5.74, 6) is -0.123. The maximum atomic E-state index is 11.5. The van der Waals surface area contributed by atoms with Crippen molar-refractivity contribution in [1.82, 2.24) is 15.3 Å². The Bertz CT molecular complexity index is 642. The molecule has 0 aliphatic carbocycles. The lowest BCUT2D eigenvalue weighted by Crippen LogP contribution is -2.39. The second kappa shape index (κ2) is 5.41. The normalized spacial score (nSPS) is 12.3. The SMILES string of the molecule is CC(Sc1nc(N)c2ccsc2n1)C(=O)NC(N)=O. The van der Waals surface area contributed by atoms with Crippen LogP contribution in [-0.2, 0) is 4.79 Å². The Hall–Kier alpha value is -1.87. The van der Waals surface area contributed by atoms with Crippen LogP contribution in [0, 0.1) is 0 Å². The van der Waals surface area contributed by atoms with Crippen LogP contribution >= 0.6 is 23.1 Å². The minimum Gasteiger partial charge on any atom is -0.383 e. The summed E-state index contributed by atoms with van der Waals surface area (Å²) in [6.07, 6.45) is 0. The number of hydrogen-bond acceptors (Lipinski definition) is 7. The van der Waals surface area contributed by atoms with Gasteiger partial charge in [-0.1, -0.05) is 11.8 Å². The molecule has 1 atom stereocenters. The topological polar surface area (TPSA) is 124 Å². The highest BCUT2D eigenvalue weighted by molar-refractivity contribution is 8.00. The van der Waals surface area contributed by atoms with E-state index in [2.05, 4.69) is 9.97 Å². The maximum absolute atomic E-state index is 11.5. The van der Waals surface area contributed by atoms with Crippen LogP contribution in [0.4, 0.5) is 10.6 Å². The third-order valence-electron chi connectivity index (χ3n) is 2.23. The van der Waals surface area contributed by atoms with Gasteiger partial charge in [0.05, 0.1) is 10.6 Å². The number of rotatable bonds is 3. The monoisotopic (exact) mass is 297 g/mol. The lowest BCUT2D eigenvalue weighted by Gasteiger charge is -2.09. The van der Waals surface area contributed by atoms with Gasteiger partial charge in [-0.05, 0) is 18.4 Å². The molecule has 7 nitrogen and oxygen atoms in total. The number of anilines is 1. The molecule has 2 heterocycles. The average molecular weight is 297 g/mol. The number of nitrogens with one attached hydrogen (secondary N) is 1. The molecule has 2 aromatic heterocycles. The zero-order valence-electron chi connectivity index (χ0n) is 9.91. The Balaban J connectivity index is 2.16. The summed E-state index contributed by atoms with van der Waals surface area (Å²) in [5, 5.41) is 4.50. The number of thioether (sulfide) groups is 1. The first-order chi connectivity index (χ1) is 8.97. The van der Waals surface area contributed by atoms with Gasteiger partial charge in [-0.3, -0.25) is 10.1 Å². The lowest BCUT2D eigenvalue weighted by molar-refractivity contribution is -0.119. The van der Waals surface area contributed by atoms with E-state index in [1.54, 1.807) is 6.92 Å². The van der Waals surface area contributed by atoms with Crippen molar-refractivity contribution >= 4 is 51.1 Å². The Labute approximate surface area is 116 Å². The number of nitrogens with zero attached hydrogens (tertiary/aromatic N) is 2. The van der Waals surface area contributed by atoms with E-state index in [1.807, 2.05) is 16.8 Å². The molecule has 0 aromatic carbocycles. The number of amides is 3. The highest BCUT2D eigenvalue weighted by Crippen LogP contribution is 2.27. The summed E-state index contributed by atoms with van der Waals surface area (Å²) in [5.41, 5.74) is 10.7. The van der Waals surface area contributed by atoms with Gasteiger partial charge in [0, 0.05) is 0 Å². The fourth-order valence-corrected chi connectivity index (χ4v) is 2.95. The van der Waals surface area contributed by atoms with Crippen LogP contribution in [0.5, 0.6) is 0 Å². The lowest BCUT2D eigenvalue weighted by atomic mass is 10.4. The molecule has 0 bridgehead atoms. The van der Waals surface area contributed by atoms with Crippen LogP contribution in [-0.4, -0.2) is 27.2 Å². The first kappa shape index (κ1) is 13.6. The maximum Gasteiger partial charge on any atom is 0.318 e. The number of primary amides is 1. The minimum absolute atomic E-state index is 0.372. The average Bonchev–Trinajstić information content (AvgIpc) is 2.76. The van der Waals surface area contributed by atoms with E-state index in [0.717, 1.165) is 22.0 Å². The molecule has 5 N–H and O–H groups in total. The number of aromatic nitrogens is 2. The number of carbonyl (C=O) groups excluding carboxylic acids is 2. The molecule has 0 fully saturated rings. The highest BCUT2D eigenvalue weighted by Gasteiger charge is 2.18. The van der Waals surface area contributed by atoms with Crippen molar-refractivity contribution in [2.45, 2.75) is 17.3 Å². The number of fused-ring (bicyclic) bond motifs is 1. The summed E-state index contributed by atoms with van der Waals surface area (Å²) in [7, 11) is 0. The smallest absolute Gasteiger partial charge is 0.318 e. The summed E-state index contributed by atoms with van der Waals surface area (Å²) in [6.45, 7) is 1.63. The Morgan fingerprint density at radius 3 is 2.89 bits per heavy atom. The van der Waals surface area contributed by atoms with Crippen LogP contribution in [0.25, 0.3) is 10.2 Å². The Kier molecular flexibility index (Phi) is 3.86. The minimum atomic E-state index is -0.883. The second-order valence-electron chi connectivity index (χ2n) is 3.64. The number of urea groups is 1. The van der Waals surface area contributed by atoms with Crippen molar-refractivity contribution < 1.29 is 9.59 Å². The van der Waals surface area contributed by atoms with Crippen molar-refractivity contribution in [3.63, 3.8) is 0 Å². The van der Waals surface area contributed by atoms with E-state index >= 15 is 0 Å². The molecule has 3 amide bonds. The number of nitrogens with two attached hydrogens (primary N) is 2. The first-order valence-corrected chi connectivity index (χ1v) is 7.01. The quantitative estimate of drug-likeness (QED) is 0.572. The van der Waals surface area contributed by atoms with Crippen LogP contribution in [0.3, 0.4) is 0 Å². The van der Waals surface area contributed by atoms with Gasteiger partial charge >= 0.3 is 6.03 Å². The number of imide groups is 1. The van der Waals surface area contributed by atoms with Gasteiger partial charge in [0.2, 0.25) is 5.91 Å². The molecule has 0 radical (unpaired) electrons. The van der Waals surface area contributed by atoms with E-state index in [0.29, 0.717) is 11.0 Å². The van der Waals surface area contributed by atoms with Crippen LogP contribution < -0.4 is 16.8 Å². The van der Waals surface area contributed by atoms with E-state index in [4.69, 9.17) is 11.5 Å². The van der Waals surface area contributed by atoms with E-state index in [1.165, 1.54) is 11.3 Å². The van der Waals surface area contributed by atoms with Crippen molar-refractivity contribution in [3.05, 3.63) is 11.4 Å². The van der Waals surface area contributed by atoms with Gasteiger partial charge in [-0.25, -0.2) is 14.8 Å². The molecular formula is C10H11N5O2S2. The third-order valence-corrected chi connectivity index (χ3v) is 4.00. The van der Waals surface area contributed by atoms with E-state index in [9.17, 15) is 9.59 Å². The molecule has 2 rings (SSSR count). The van der Waals surface area contributed by atoms with Gasteiger partial charge in [-0.15, -0.1) is 11.3 Å². The van der Waals surface area contributed by atoms with Crippen molar-refractivity contribution in [2.75, 3.05) is 5.73 Å². The standard InChI is InChI=1S/C10H11N5O2S2/c1-4(7(16)14-9(12)17)19-10-13-6(11)5-2-3-18-8(5)15-10/h2-4H,1H3,(H2,11,13,15)(H3,12,14,16,17). The molecule has 0 spiro atoms. The molecule has 0 saturated heterocycles. The predicted molar refractivity (Wildman–Crippen MR) is 74.9 cm³/mol. The van der Waals surface area contributed by atoms with E-state index < -0.39 is 17.2 Å². The summed E-state index contributed by atoms with van der Waals surface area (Å²) in [6, 6.07) is 0.957. The Morgan fingerprint density at radius 1 is 1.47 bits per heavy atom. The molecule has 2 aromatic rings. The second-order valence-corrected chi connectivity index (χ2v) is 5.85. The zero-order valence-corrected chi connectivity index (χ0v) is 11.5. The molecule has 0 saturated carbocycles. The molecule has 1 unspecified atom stereocenters. The van der Waals surface area contributed by atoms with Gasteiger partial charge in [0.15, 0.2) is 5.16 Å². The van der Waals surface area contributed by atoms with E-state index in [-0.39, 0.29) is 0 Å². The van der Waals surface area contributed by atoms with Gasteiger partial charge in [0.1, 0.15) is 10.6 Å². The fraction of sp³-hybridized carbons (Fsp3) is 0.200. The van der Waals surface area contributed by atoms with Gasteiger partial charge in [0.25, 0.3) is 0 Å². The third kappa shape index (κ3) is 3.12. The molecule has 100 valence electrons. The predicted octanol–water partition coefficient (Wildman–Crippen LogP) is 0.949. The molecular weight excluding hydrogens is 286 g/mol. The molecule has 9 heteroatoms. The first-order valence-electron chi connectivity index (χ1n) is 5.25. The summed E-state index contributed by atoms with van der Waals surface area (Å²) >= 11 is 2.55. The largest absolute Gasteiger partial charge is 0.383 e. The van der Waals surface area contributed by atoms with Gasteiger partial charge < -0.3 is 11.5 Å². The molecule has 19 heavy (non-hydrogen) atoms. The molecule has 0 aliphatic heterocycles. The van der Waals surface area contributed by atoms with Crippen molar-refractivity contribution in [1.29, 1.82) is 0 Å². The number of thiophene rings is 1.